The highest BCUT2D eigenvalue weighted by Gasteiger charge is 2.17. The van der Waals surface area contributed by atoms with Gasteiger partial charge in [-0.25, -0.2) is 4.79 Å². The molecule has 1 aromatic rings. The van der Waals surface area contributed by atoms with Crippen molar-refractivity contribution in [2.45, 2.75) is 33.3 Å². The van der Waals surface area contributed by atoms with Gasteiger partial charge in [-0.3, -0.25) is 5.32 Å². The Hall–Kier alpha value is -1.98. The predicted molar refractivity (Wildman–Crippen MR) is 69.7 cm³/mol. The minimum atomic E-state index is -0.602. The third kappa shape index (κ3) is 4.48. The van der Waals surface area contributed by atoms with Crippen LogP contribution < -0.4 is 15.8 Å². The summed E-state index contributed by atoms with van der Waals surface area (Å²) in [5.74, 6) is 0.632. The molecule has 0 aliphatic heterocycles. The zero-order chi connectivity index (χ0) is 13.8. The van der Waals surface area contributed by atoms with Gasteiger partial charge in [-0.05, 0) is 33.8 Å². The van der Waals surface area contributed by atoms with Crippen LogP contribution in [0.1, 0.15) is 27.7 Å². The lowest BCUT2D eigenvalue weighted by Crippen LogP contribution is -2.27. The van der Waals surface area contributed by atoms with Crippen molar-refractivity contribution in [3.63, 3.8) is 0 Å². The fraction of sp³-hybridized carbons (Fsp3) is 0.500. The Kier molecular flexibility index (Phi) is 4.36. The number of nitrogens with one attached hydrogen (secondary N) is 1. The number of aromatic nitrogens is 1. The molecule has 3 N–H and O–H groups in total. The number of amides is 1. The number of rotatable bonds is 3. The normalized spacial score (nSPS) is 10.9. The first-order chi connectivity index (χ1) is 8.31. The Bertz CT molecular complexity index is 427. The van der Waals surface area contributed by atoms with Gasteiger partial charge in [0, 0.05) is 6.07 Å². The molecule has 0 aliphatic rings. The van der Waals surface area contributed by atoms with Gasteiger partial charge in [-0.15, -0.1) is 0 Å². The highest BCUT2D eigenvalue weighted by atomic mass is 16.6. The number of hydrogen-bond acceptors (Lipinski definition) is 5. The van der Waals surface area contributed by atoms with Crippen LogP contribution in [-0.2, 0) is 4.74 Å². The van der Waals surface area contributed by atoms with E-state index in [1.165, 1.54) is 0 Å². The topological polar surface area (TPSA) is 86.5 Å². The van der Waals surface area contributed by atoms with Gasteiger partial charge >= 0.3 is 6.09 Å². The van der Waals surface area contributed by atoms with E-state index in [1.54, 1.807) is 32.9 Å². The Morgan fingerprint density at radius 3 is 2.67 bits per heavy atom. The lowest BCUT2D eigenvalue weighted by molar-refractivity contribution is 0.0635. The summed E-state index contributed by atoms with van der Waals surface area (Å²) >= 11 is 0. The standard InChI is InChI=1S/C12H19N3O3/c1-5-17-9-7-6-8(13)10(14-9)15-11(16)18-12(2,3)4/h6-7H,5,13H2,1-4H3,(H,14,15,16). The number of nitrogens with two attached hydrogens (primary N) is 1. The number of carbonyl (C=O) groups excluding carboxylic acids is 1. The second-order valence-corrected chi connectivity index (χ2v) is 4.65. The van der Waals surface area contributed by atoms with E-state index < -0.39 is 11.7 Å². The highest BCUT2D eigenvalue weighted by molar-refractivity contribution is 5.87. The molecule has 0 saturated heterocycles. The molecule has 0 bridgehead atoms. The van der Waals surface area contributed by atoms with Crippen molar-refractivity contribution in [3.8, 4) is 5.88 Å². The van der Waals surface area contributed by atoms with E-state index in [-0.39, 0.29) is 5.82 Å². The summed E-state index contributed by atoms with van der Waals surface area (Å²) in [6.07, 6.45) is -0.602. The molecule has 0 atom stereocenters. The maximum Gasteiger partial charge on any atom is 0.413 e. The Balaban J connectivity index is 2.77. The zero-order valence-electron chi connectivity index (χ0n) is 11.1. The van der Waals surface area contributed by atoms with E-state index in [0.29, 0.717) is 18.2 Å². The van der Waals surface area contributed by atoms with E-state index in [0.717, 1.165) is 0 Å². The first-order valence-electron chi connectivity index (χ1n) is 5.71. The minimum Gasteiger partial charge on any atom is -0.478 e. The van der Waals surface area contributed by atoms with Gasteiger partial charge in [0.25, 0.3) is 0 Å². The number of nitrogen functional groups attached to an aromatic ring is 1. The van der Waals surface area contributed by atoms with E-state index >= 15 is 0 Å². The maximum absolute atomic E-state index is 11.6. The smallest absolute Gasteiger partial charge is 0.413 e. The number of nitrogens with zero attached hydrogens (tertiary/aromatic N) is 1. The number of hydrogen-bond donors (Lipinski definition) is 2. The molecule has 0 radical (unpaired) electrons. The second-order valence-electron chi connectivity index (χ2n) is 4.65. The average Bonchev–Trinajstić information content (AvgIpc) is 2.20. The fourth-order valence-electron chi connectivity index (χ4n) is 1.18. The molecular weight excluding hydrogens is 234 g/mol. The molecule has 0 spiro atoms. The zero-order valence-corrected chi connectivity index (χ0v) is 11.1. The Labute approximate surface area is 106 Å². The third-order valence-electron chi connectivity index (χ3n) is 1.81. The van der Waals surface area contributed by atoms with Gasteiger partial charge in [-0.1, -0.05) is 0 Å². The molecule has 1 rings (SSSR count). The van der Waals surface area contributed by atoms with E-state index in [2.05, 4.69) is 10.3 Å². The lowest BCUT2D eigenvalue weighted by Gasteiger charge is -2.19. The van der Waals surface area contributed by atoms with Crippen molar-refractivity contribution in [1.82, 2.24) is 4.98 Å². The summed E-state index contributed by atoms with van der Waals surface area (Å²) in [5, 5.41) is 2.49. The van der Waals surface area contributed by atoms with E-state index in [1.807, 2.05) is 6.92 Å². The van der Waals surface area contributed by atoms with E-state index in [9.17, 15) is 4.79 Å². The number of ether oxygens (including phenoxy) is 2. The van der Waals surface area contributed by atoms with Gasteiger partial charge in [0.05, 0.1) is 12.3 Å². The van der Waals surface area contributed by atoms with Gasteiger partial charge < -0.3 is 15.2 Å². The summed E-state index contributed by atoms with van der Waals surface area (Å²) in [4.78, 5) is 15.7. The molecule has 6 heteroatoms. The van der Waals surface area contributed by atoms with Gasteiger partial charge in [0.15, 0.2) is 5.82 Å². The van der Waals surface area contributed by atoms with Crippen LogP contribution in [0, 0.1) is 0 Å². The molecule has 6 nitrogen and oxygen atoms in total. The van der Waals surface area contributed by atoms with Crippen LogP contribution >= 0.6 is 0 Å². The molecular formula is C12H19N3O3. The second kappa shape index (κ2) is 5.57. The third-order valence-corrected chi connectivity index (χ3v) is 1.81. The molecule has 18 heavy (non-hydrogen) atoms. The highest BCUT2D eigenvalue weighted by Crippen LogP contribution is 2.20. The number of carbonyl (C=O) groups is 1. The van der Waals surface area contributed by atoms with Crippen LogP contribution in [0.25, 0.3) is 0 Å². The lowest BCUT2D eigenvalue weighted by atomic mass is 10.2. The summed E-state index contributed by atoms with van der Waals surface area (Å²) in [5.41, 5.74) is 5.49. The largest absolute Gasteiger partial charge is 0.478 e. The molecule has 1 aromatic heterocycles. The molecule has 1 heterocycles. The summed E-state index contributed by atoms with van der Waals surface area (Å²) < 4.78 is 10.3. The average molecular weight is 253 g/mol. The molecule has 1 amide bonds. The van der Waals surface area contributed by atoms with Crippen LogP contribution in [0.4, 0.5) is 16.3 Å². The Morgan fingerprint density at radius 2 is 2.11 bits per heavy atom. The van der Waals surface area contributed by atoms with Crippen LogP contribution in [0.2, 0.25) is 0 Å². The van der Waals surface area contributed by atoms with Crippen molar-refractivity contribution in [2.24, 2.45) is 0 Å². The van der Waals surface area contributed by atoms with Gasteiger partial charge in [-0.2, -0.15) is 4.98 Å². The number of anilines is 2. The van der Waals surface area contributed by atoms with Crippen LogP contribution in [0.15, 0.2) is 12.1 Å². The molecule has 0 unspecified atom stereocenters. The van der Waals surface area contributed by atoms with Gasteiger partial charge in [0.1, 0.15) is 5.60 Å². The Morgan fingerprint density at radius 1 is 1.44 bits per heavy atom. The number of pyridine rings is 1. The molecule has 0 aromatic carbocycles. The quantitative estimate of drug-likeness (QED) is 0.863. The van der Waals surface area contributed by atoms with Crippen molar-refractivity contribution < 1.29 is 14.3 Å². The molecule has 0 fully saturated rings. The monoisotopic (exact) mass is 253 g/mol. The minimum absolute atomic E-state index is 0.232. The van der Waals surface area contributed by atoms with Crippen molar-refractivity contribution in [3.05, 3.63) is 12.1 Å². The summed E-state index contributed by atoms with van der Waals surface area (Å²) in [7, 11) is 0. The maximum atomic E-state index is 11.6. The fourth-order valence-corrected chi connectivity index (χ4v) is 1.18. The molecule has 0 aliphatic carbocycles. The first-order valence-corrected chi connectivity index (χ1v) is 5.71. The van der Waals surface area contributed by atoms with Gasteiger partial charge in [0.2, 0.25) is 5.88 Å². The van der Waals surface area contributed by atoms with E-state index in [4.69, 9.17) is 15.2 Å². The van der Waals surface area contributed by atoms with Crippen LogP contribution in [0.5, 0.6) is 5.88 Å². The summed E-state index contributed by atoms with van der Waals surface area (Å²) in [6.45, 7) is 7.67. The van der Waals surface area contributed by atoms with Crippen LogP contribution in [-0.4, -0.2) is 23.3 Å². The molecule has 100 valence electrons. The molecule has 0 saturated carbocycles. The SMILES string of the molecule is CCOc1ccc(N)c(NC(=O)OC(C)(C)C)n1. The predicted octanol–water partition coefficient (Wildman–Crippen LogP) is 2.41. The van der Waals surface area contributed by atoms with Crippen LogP contribution in [0.3, 0.4) is 0 Å². The summed E-state index contributed by atoms with van der Waals surface area (Å²) in [6, 6.07) is 3.25. The van der Waals surface area contributed by atoms with Crippen molar-refractivity contribution >= 4 is 17.6 Å². The van der Waals surface area contributed by atoms with Crippen molar-refractivity contribution in [2.75, 3.05) is 17.7 Å². The first kappa shape index (κ1) is 14.1. The van der Waals surface area contributed by atoms with Crippen molar-refractivity contribution in [1.29, 1.82) is 0 Å².